The molecule has 0 saturated carbocycles. The monoisotopic (exact) mass is 893 g/mol. The molecule has 1 aromatic carbocycles. The Labute approximate surface area is 396 Å². The van der Waals surface area contributed by atoms with Gasteiger partial charge in [0.15, 0.2) is 5.69 Å². The molecule has 4 rings (SSSR count). The Hall–Kier alpha value is -1.69. The zero-order chi connectivity index (χ0) is 40.7. The van der Waals surface area contributed by atoms with Crippen molar-refractivity contribution < 1.29 is 96.1 Å². The van der Waals surface area contributed by atoms with Gasteiger partial charge in [-0.1, -0.05) is 47.6 Å². The number of hydrogen-bond acceptors (Lipinski definition) is 11. The second kappa shape index (κ2) is 26.4. The van der Waals surface area contributed by atoms with Crippen LogP contribution in [0.15, 0.2) is 35.8 Å². The van der Waals surface area contributed by atoms with Crippen molar-refractivity contribution in [2.75, 3.05) is 50.3 Å². The molecule has 0 radical (unpaired) electrons. The van der Waals surface area contributed by atoms with Crippen LogP contribution in [0.4, 0.5) is 29.3 Å². The Balaban J connectivity index is 0.000000858. The van der Waals surface area contributed by atoms with E-state index in [-0.39, 0.29) is 84.2 Å². The van der Waals surface area contributed by atoms with E-state index in [2.05, 4.69) is 84.6 Å². The van der Waals surface area contributed by atoms with Crippen molar-refractivity contribution in [1.82, 2.24) is 25.4 Å². The zero-order valence-corrected chi connectivity index (χ0v) is 40.9. The molecule has 1 fully saturated rings. The van der Waals surface area contributed by atoms with Gasteiger partial charge in [0.2, 0.25) is 0 Å². The normalized spacial score (nSPS) is 12.3. The maximum absolute atomic E-state index is 13.0. The standard InChI is InChI=1S/C16H20F3N3OS.C14H18N2O4.C4H8N2S4.2Na/c1-9(2)7-10(3)13-12(5-6-24-13)20-15(23)11-8-22(4)21-14(11)16(17,18)19;1-10-5-4-6-11(2)13(10)16(12(17)9-19-3)15-7-8-20-14(15)18;7-3(8)5-1-2-6-4(9)10;;/h5-6,8-10H,7H2,1-4H3,(H,20,23);4-6H,7-9H2,1-3H3;1-2H2,(H2,5,7,8)(H2,6,9,10);;/q;;;2*+1/p-2. The van der Waals surface area contributed by atoms with E-state index in [1.807, 2.05) is 44.4 Å². The van der Waals surface area contributed by atoms with E-state index >= 15 is 0 Å². The zero-order valence-electron chi connectivity index (χ0n) is 32.9. The van der Waals surface area contributed by atoms with Gasteiger partial charge in [-0.3, -0.25) is 14.3 Å². The van der Waals surface area contributed by atoms with Gasteiger partial charge in [-0.05, 0) is 54.7 Å². The first-order valence-electron chi connectivity index (χ1n) is 16.5. The van der Waals surface area contributed by atoms with Crippen LogP contribution in [0.1, 0.15) is 65.2 Å². The second-order valence-electron chi connectivity index (χ2n) is 12.3. The van der Waals surface area contributed by atoms with Crippen LogP contribution in [0.2, 0.25) is 0 Å². The molecule has 0 spiro atoms. The molecule has 1 atom stereocenters. The summed E-state index contributed by atoms with van der Waals surface area (Å²) in [6, 6.07) is 7.43. The van der Waals surface area contributed by atoms with Crippen LogP contribution >= 0.6 is 35.8 Å². The minimum Gasteiger partial charge on any atom is -0.446 e. The Morgan fingerprint density at radius 2 is 1.64 bits per heavy atom. The number of thiocarbonyl (C=S) groups is 2. The van der Waals surface area contributed by atoms with E-state index in [9.17, 15) is 27.6 Å². The van der Waals surface area contributed by atoms with E-state index in [1.165, 1.54) is 35.5 Å². The smallest absolute Gasteiger partial charge is 0.446 e. The average Bonchev–Trinajstić information content (AvgIpc) is 3.81. The van der Waals surface area contributed by atoms with Crippen LogP contribution in [0.25, 0.3) is 0 Å². The van der Waals surface area contributed by atoms with Crippen molar-refractivity contribution in [2.45, 2.75) is 53.1 Å². The fourth-order valence-corrected chi connectivity index (χ4v) is 6.61. The maximum Gasteiger partial charge on any atom is 1.00 e. The number of nitrogens with one attached hydrogen (secondary N) is 3. The Bertz CT molecular complexity index is 1730. The number of carbonyl (C=O) groups excluding carboxylic acids is 3. The molecule has 3 heterocycles. The predicted molar refractivity (Wildman–Crippen MR) is 218 cm³/mol. The number of rotatable bonds is 12. The summed E-state index contributed by atoms with van der Waals surface area (Å²) in [6.45, 7) is 11.9. The molecule has 22 heteroatoms. The number of carbonyl (C=O) groups is 3. The van der Waals surface area contributed by atoms with Gasteiger partial charge in [0.05, 0.1) is 23.5 Å². The molecule has 3 aromatic rings. The number of nitrogens with zero attached hydrogens (tertiary/aromatic N) is 4. The van der Waals surface area contributed by atoms with Gasteiger partial charge >= 0.3 is 71.4 Å². The number of cyclic esters (lactones) is 1. The van der Waals surface area contributed by atoms with E-state index in [0.29, 0.717) is 45.6 Å². The van der Waals surface area contributed by atoms with Crippen LogP contribution in [0.5, 0.6) is 0 Å². The quantitative estimate of drug-likeness (QED) is 0.101. The Kier molecular flexibility index (Phi) is 25.6. The fourth-order valence-electron chi connectivity index (χ4n) is 5.27. The van der Waals surface area contributed by atoms with Crippen molar-refractivity contribution >= 4 is 99.0 Å². The molecule has 2 aromatic heterocycles. The van der Waals surface area contributed by atoms with Crippen LogP contribution in [0.3, 0.4) is 0 Å². The summed E-state index contributed by atoms with van der Waals surface area (Å²) in [5, 5.41) is 16.0. The number of ether oxygens (including phenoxy) is 2. The number of hydrogen-bond donors (Lipinski definition) is 3. The number of benzene rings is 1. The molecule has 1 unspecified atom stereocenters. The number of alkyl halides is 3. The van der Waals surface area contributed by atoms with Crippen LogP contribution in [-0.2, 0) is 52.7 Å². The van der Waals surface area contributed by atoms with Crippen LogP contribution in [-0.4, -0.2) is 81.3 Å². The summed E-state index contributed by atoms with van der Waals surface area (Å²) in [6.07, 6.45) is -3.17. The molecule has 0 bridgehead atoms. The number of aromatic nitrogens is 2. The predicted octanol–water partition coefficient (Wildman–Crippen LogP) is 0.390. The van der Waals surface area contributed by atoms with Gasteiger partial charge in [-0.2, -0.15) is 18.3 Å². The van der Waals surface area contributed by atoms with Crippen molar-refractivity contribution in [3.63, 3.8) is 0 Å². The molecule has 1 aliphatic rings. The first kappa shape index (κ1) is 54.3. The number of aryl methyl sites for hydroxylation is 3. The Morgan fingerprint density at radius 1 is 1.07 bits per heavy atom. The first-order valence-corrected chi connectivity index (χ1v) is 19.0. The van der Waals surface area contributed by atoms with Gasteiger partial charge in [0, 0.05) is 38.3 Å². The average molecular weight is 894 g/mol. The summed E-state index contributed by atoms with van der Waals surface area (Å²) < 4.78 is 50.6. The summed E-state index contributed by atoms with van der Waals surface area (Å²) in [4.78, 5) is 37.4. The minimum absolute atomic E-state index is 0. The molecular formula is C34H44F3N7Na2O5S5. The van der Waals surface area contributed by atoms with Crippen molar-refractivity contribution in [3.05, 3.63) is 63.1 Å². The summed E-state index contributed by atoms with van der Waals surface area (Å²) in [5.74, 6) is -0.396. The van der Waals surface area contributed by atoms with E-state index in [4.69, 9.17) is 9.47 Å². The number of amides is 3. The number of para-hydroxylation sites is 1. The van der Waals surface area contributed by atoms with Gasteiger partial charge in [0.25, 0.3) is 11.8 Å². The van der Waals surface area contributed by atoms with E-state index in [1.54, 1.807) is 6.07 Å². The molecule has 56 heavy (non-hydrogen) atoms. The number of anilines is 2. The van der Waals surface area contributed by atoms with Gasteiger partial charge in [0.1, 0.15) is 13.2 Å². The van der Waals surface area contributed by atoms with Crippen LogP contribution in [0, 0.1) is 19.8 Å². The third kappa shape index (κ3) is 17.7. The van der Waals surface area contributed by atoms with E-state index < -0.39 is 29.4 Å². The molecule has 298 valence electrons. The van der Waals surface area contributed by atoms with Crippen LogP contribution < -0.4 is 80.1 Å². The van der Waals surface area contributed by atoms with Crippen molar-refractivity contribution in [1.29, 1.82) is 0 Å². The van der Waals surface area contributed by atoms with Crippen molar-refractivity contribution in [3.8, 4) is 0 Å². The molecule has 3 N–H and O–H groups in total. The molecule has 0 aliphatic carbocycles. The van der Waals surface area contributed by atoms with Crippen molar-refractivity contribution in [2.24, 2.45) is 13.0 Å². The summed E-state index contributed by atoms with van der Waals surface area (Å²) >= 11 is 19.9. The topological polar surface area (TPSA) is 130 Å². The largest absolute Gasteiger partial charge is 1.00 e. The fraction of sp³-hybridized carbons (Fsp3) is 0.471. The summed E-state index contributed by atoms with van der Waals surface area (Å²) in [7, 11) is 2.80. The van der Waals surface area contributed by atoms with Gasteiger partial charge in [-0.15, -0.1) is 11.3 Å². The molecule has 1 aliphatic heterocycles. The first-order chi connectivity index (χ1) is 25.3. The van der Waals surface area contributed by atoms with E-state index in [0.717, 1.165) is 33.3 Å². The number of hydrazine groups is 1. The molecular weight excluding hydrogens is 850 g/mol. The van der Waals surface area contributed by atoms with Gasteiger partial charge < -0.3 is 75.1 Å². The number of methoxy groups -OCH3 is 1. The Morgan fingerprint density at radius 3 is 2.11 bits per heavy atom. The third-order valence-corrected chi connectivity index (χ3v) is 9.08. The number of halogens is 3. The third-order valence-electron chi connectivity index (χ3n) is 7.36. The minimum atomic E-state index is -4.67. The molecule has 3 amide bonds. The SMILES string of the molecule is CC(C)CC(C)c1sccc1NC(=O)c1cn(C)nc1C(F)(F)F.COCC(=O)N(c1c(C)cccc1C)N1CCOC1=O.S=C([S-])NCCNC(=S)[S-].[Na+].[Na+]. The van der Waals surface area contributed by atoms with Gasteiger partial charge in [-0.25, -0.2) is 14.8 Å². The molecule has 12 nitrogen and oxygen atoms in total. The summed E-state index contributed by atoms with van der Waals surface area (Å²) in [5.41, 5.74) is 1.44. The maximum atomic E-state index is 13.0. The number of thiophene rings is 1. The second-order valence-corrected chi connectivity index (χ2v) is 15.4. The molecule has 1 saturated heterocycles.